The molecule has 2 aromatic rings. The summed E-state index contributed by atoms with van der Waals surface area (Å²) in [4.78, 5) is 12.3. The highest BCUT2D eigenvalue weighted by Crippen LogP contribution is 2.19. The molecule has 28 heavy (non-hydrogen) atoms. The third-order valence-electron chi connectivity index (χ3n) is 4.27. The Morgan fingerprint density at radius 2 is 2.07 bits per heavy atom. The molecule has 0 radical (unpaired) electrons. The number of nitrogens with one attached hydrogen (secondary N) is 6. The number of carbonyl (C=O) groups is 1. The van der Waals surface area contributed by atoms with E-state index in [4.69, 9.17) is 4.42 Å². The van der Waals surface area contributed by atoms with E-state index >= 15 is 0 Å². The molecule has 2 heterocycles. The van der Waals surface area contributed by atoms with Gasteiger partial charge in [0.05, 0.1) is 18.7 Å². The van der Waals surface area contributed by atoms with E-state index in [0.717, 1.165) is 23.6 Å². The molecular weight excluding hydrogens is 384 g/mol. The zero-order chi connectivity index (χ0) is 20.1. The first-order valence-corrected chi connectivity index (χ1v) is 10.9. The number of hydrogen-bond donors (Lipinski definition) is 6. The van der Waals surface area contributed by atoms with E-state index in [1.165, 1.54) is 0 Å². The number of benzene rings is 1. The SMILES string of the molecule is CC1CC(NCCNS(C)(=O)=O)NC(NC(=O)Nc2ccc3occc3c2)N1. The summed E-state index contributed by atoms with van der Waals surface area (Å²) < 4.78 is 29.9. The average molecular weight is 411 g/mol. The first-order valence-electron chi connectivity index (χ1n) is 9.03. The van der Waals surface area contributed by atoms with Crippen molar-refractivity contribution in [3.63, 3.8) is 0 Å². The van der Waals surface area contributed by atoms with Crippen LogP contribution in [0.5, 0.6) is 0 Å². The van der Waals surface area contributed by atoms with Crippen molar-refractivity contribution in [1.82, 2.24) is 26.0 Å². The van der Waals surface area contributed by atoms with E-state index in [2.05, 4.69) is 31.3 Å². The highest BCUT2D eigenvalue weighted by atomic mass is 32.2. The van der Waals surface area contributed by atoms with Crippen LogP contribution in [0.15, 0.2) is 34.9 Å². The normalized spacial score (nSPS) is 22.9. The van der Waals surface area contributed by atoms with E-state index in [9.17, 15) is 13.2 Å². The number of sulfonamides is 1. The van der Waals surface area contributed by atoms with Crippen molar-refractivity contribution in [2.75, 3.05) is 24.7 Å². The molecule has 1 aliphatic rings. The van der Waals surface area contributed by atoms with E-state index in [1.807, 2.05) is 19.1 Å². The quantitative estimate of drug-likeness (QED) is 0.361. The molecule has 1 aromatic heterocycles. The fourth-order valence-electron chi connectivity index (χ4n) is 3.07. The van der Waals surface area contributed by atoms with Crippen LogP contribution < -0.4 is 31.3 Å². The van der Waals surface area contributed by atoms with Crippen molar-refractivity contribution in [2.24, 2.45) is 0 Å². The molecule has 6 N–H and O–H groups in total. The summed E-state index contributed by atoms with van der Waals surface area (Å²) in [6.07, 6.45) is 3.02. The molecule has 1 saturated heterocycles. The van der Waals surface area contributed by atoms with Crippen LogP contribution >= 0.6 is 0 Å². The van der Waals surface area contributed by atoms with Gasteiger partial charge in [0.25, 0.3) is 0 Å². The Balaban J connectivity index is 1.47. The van der Waals surface area contributed by atoms with Gasteiger partial charge < -0.3 is 20.4 Å². The molecule has 3 unspecified atom stereocenters. The topological polar surface area (TPSA) is 137 Å². The van der Waals surface area contributed by atoms with Crippen molar-refractivity contribution in [3.05, 3.63) is 30.5 Å². The Kier molecular flexibility index (Phi) is 6.52. The third kappa shape index (κ3) is 6.17. The zero-order valence-corrected chi connectivity index (χ0v) is 16.6. The predicted octanol–water partition coefficient (Wildman–Crippen LogP) is 0.274. The zero-order valence-electron chi connectivity index (χ0n) is 15.8. The summed E-state index contributed by atoms with van der Waals surface area (Å²) in [5.74, 6) is 0. The third-order valence-corrected chi connectivity index (χ3v) is 5.00. The molecule has 1 aliphatic heterocycles. The van der Waals surface area contributed by atoms with Gasteiger partial charge in [0.15, 0.2) is 0 Å². The van der Waals surface area contributed by atoms with Gasteiger partial charge in [-0.15, -0.1) is 0 Å². The maximum atomic E-state index is 12.3. The van der Waals surface area contributed by atoms with Crippen LogP contribution in [0.25, 0.3) is 11.0 Å². The molecule has 1 fully saturated rings. The van der Waals surface area contributed by atoms with Crippen molar-refractivity contribution < 1.29 is 17.6 Å². The number of urea groups is 1. The Morgan fingerprint density at radius 3 is 2.86 bits per heavy atom. The molecule has 0 saturated carbocycles. The highest BCUT2D eigenvalue weighted by Gasteiger charge is 2.25. The lowest BCUT2D eigenvalue weighted by atomic mass is 10.1. The lowest BCUT2D eigenvalue weighted by molar-refractivity contribution is 0.194. The Morgan fingerprint density at radius 1 is 1.25 bits per heavy atom. The Labute approximate surface area is 163 Å². The van der Waals surface area contributed by atoms with Crippen LogP contribution in [0.4, 0.5) is 10.5 Å². The first kappa shape index (κ1) is 20.6. The van der Waals surface area contributed by atoms with Gasteiger partial charge in [-0.1, -0.05) is 0 Å². The van der Waals surface area contributed by atoms with Gasteiger partial charge in [0.2, 0.25) is 10.0 Å². The number of rotatable bonds is 7. The van der Waals surface area contributed by atoms with Crippen LogP contribution in [0.1, 0.15) is 13.3 Å². The summed E-state index contributed by atoms with van der Waals surface area (Å²) in [6, 6.07) is 7.05. The number of amides is 2. The monoisotopic (exact) mass is 410 g/mol. The van der Waals surface area contributed by atoms with Crippen molar-refractivity contribution in [2.45, 2.75) is 31.8 Å². The molecule has 154 valence electrons. The standard InChI is InChI=1S/C17H26N6O4S/c1-11-9-15(18-6-7-19-28(2,25)26)22-16(20-11)23-17(24)21-13-3-4-14-12(10-13)5-8-27-14/h3-5,8,10-11,15-16,18-20,22H,6-7,9H2,1-2H3,(H2,21,23,24). The Bertz CT molecular complexity index is 915. The van der Waals surface area contributed by atoms with E-state index in [0.29, 0.717) is 18.8 Å². The van der Waals surface area contributed by atoms with Crippen LogP contribution in [0.3, 0.4) is 0 Å². The predicted molar refractivity (Wildman–Crippen MR) is 107 cm³/mol. The lowest BCUT2D eigenvalue weighted by Crippen LogP contribution is -2.68. The number of furan rings is 1. The van der Waals surface area contributed by atoms with Crippen molar-refractivity contribution in [1.29, 1.82) is 0 Å². The highest BCUT2D eigenvalue weighted by molar-refractivity contribution is 7.88. The molecule has 0 bridgehead atoms. The molecule has 11 heteroatoms. The fourth-order valence-corrected chi connectivity index (χ4v) is 3.55. The van der Waals surface area contributed by atoms with Gasteiger partial charge >= 0.3 is 6.03 Å². The average Bonchev–Trinajstić information content (AvgIpc) is 3.05. The molecule has 2 amide bonds. The van der Waals surface area contributed by atoms with Gasteiger partial charge in [0, 0.05) is 30.2 Å². The summed E-state index contributed by atoms with van der Waals surface area (Å²) in [6.45, 7) is 2.79. The summed E-state index contributed by atoms with van der Waals surface area (Å²) in [5.41, 5.74) is 1.42. The summed E-state index contributed by atoms with van der Waals surface area (Å²) in [5, 5.41) is 16.3. The van der Waals surface area contributed by atoms with Crippen molar-refractivity contribution in [3.8, 4) is 0 Å². The fraction of sp³-hybridized carbons (Fsp3) is 0.471. The maximum absolute atomic E-state index is 12.3. The van der Waals surface area contributed by atoms with Crippen LogP contribution in [-0.2, 0) is 10.0 Å². The van der Waals surface area contributed by atoms with E-state index in [-0.39, 0.29) is 18.2 Å². The smallest absolute Gasteiger partial charge is 0.321 e. The minimum Gasteiger partial charge on any atom is -0.464 e. The Hall–Kier alpha value is -2.18. The van der Waals surface area contributed by atoms with Gasteiger partial charge in [-0.25, -0.2) is 17.9 Å². The van der Waals surface area contributed by atoms with Gasteiger partial charge in [-0.3, -0.25) is 10.6 Å². The van der Waals surface area contributed by atoms with Crippen LogP contribution in [0.2, 0.25) is 0 Å². The largest absolute Gasteiger partial charge is 0.464 e. The van der Waals surface area contributed by atoms with E-state index < -0.39 is 16.3 Å². The van der Waals surface area contributed by atoms with Crippen molar-refractivity contribution >= 4 is 32.7 Å². The minimum absolute atomic E-state index is 0.0646. The minimum atomic E-state index is -3.20. The molecule has 3 rings (SSSR count). The number of fused-ring (bicyclic) bond motifs is 1. The lowest BCUT2D eigenvalue weighted by Gasteiger charge is -2.36. The molecule has 3 atom stereocenters. The van der Waals surface area contributed by atoms with E-state index in [1.54, 1.807) is 18.4 Å². The summed E-state index contributed by atoms with van der Waals surface area (Å²) >= 11 is 0. The van der Waals surface area contributed by atoms with Gasteiger partial charge in [0.1, 0.15) is 11.9 Å². The number of hydrogen-bond acceptors (Lipinski definition) is 7. The molecule has 10 nitrogen and oxygen atoms in total. The molecule has 0 aliphatic carbocycles. The number of anilines is 1. The summed E-state index contributed by atoms with van der Waals surface area (Å²) in [7, 11) is -3.20. The van der Waals surface area contributed by atoms with Gasteiger partial charge in [-0.05, 0) is 37.6 Å². The second-order valence-corrected chi connectivity index (χ2v) is 8.68. The molecule has 1 aromatic carbocycles. The van der Waals surface area contributed by atoms with Gasteiger partial charge in [-0.2, -0.15) is 0 Å². The number of carbonyl (C=O) groups excluding carboxylic acids is 1. The molecular formula is C17H26N6O4S. The first-order chi connectivity index (χ1) is 13.3. The molecule has 0 spiro atoms. The second-order valence-electron chi connectivity index (χ2n) is 6.85. The van der Waals surface area contributed by atoms with Crippen LogP contribution in [-0.4, -0.2) is 52.3 Å². The maximum Gasteiger partial charge on any atom is 0.321 e. The van der Waals surface area contributed by atoms with Crippen LogP contribution in [0, 0.1) is 0 Å². The second kappa shape index (κ2) is 8.88.